The lowest BCUT2D eigenvalue weighted by Gasteiger charge is -2.31. The van der Waals surface area contributed by atoms with E-state index in [0.717, 1.165) is 12.8 Å². The van der Waals surface area contributed by atoms with Crippen LogP contribution in [0.2, 0.25) is 0 Å². The molecular formula is C13H17N3O3. The van der Waals surface area contributed by atoms with Crippen LogP contribution < -0.4 is 5.73 Å². The predicted octanol–water partition coefficient (Wildman–Crippen LogP) is 1.41. The first-order valence-electron chi connectivity index (χ1n) is 6.36. The number of amides is 1. The molecule has 1 saturated heterocycles. The Morgan fingerprint density at radius 3 is 2.58 bits per heavy atom. The minimum absolute atomic E-state index is 0.131. The highest BCUT2D eigenvalue weighted by Gasteiger charge is 2.27. The third-order valence-electron chi connectivity index (χ3n) is 3.57. The lowest BCUT2D eigenvalue weighted by atomic mass is 9.96. The molecule has 0 spiro atoms. The van der Waals surface area contributed by atoms with Gasteiger partial charge in [0.05, 0.1) is 4.92 Å². The van der Waals surface area contributed by atoms with Crippen LogP contribution in [-0.4, -0.2) is 35.4 Å². The highest BCUT2D eigenvalue weighted by Crippen LogP contribution is 2.23. The Hall–Kier alpha value is -1.95. The largest absolute Gasteiger partial charge is 0.338 e. The van der Waals surface area contributed by atoms with Crippen molar-refractivity contribution in [3.05, 3.63) is 39.9 Å². The molecule has 0 aliphatic carbocycles. The Kier molecular flexibility index (Phi) is 4.11. The highest BCUT2D eigenvalue weighted by molar-refractivity contribution is 5.98. The van der Waals surface area contributed by atoms with E-state index in [0.29, 0.717) is 25.6 Å². The van der Waals surface area contributed by atoms with Crippen molar-refractivity contribution in [1.82, 2.24) is 4.90 Å². The topological polar surface area (TPSA) is 89.5 Å². The number of hydrogen-bond acceptors (Lipinski definition) is 4. The van der Waals surface area contributed by atoms with E-state index in [4.69, 9.17) is 5.73 Å². The zero-order valence-corrected chi connectivity index (χ0v) is 10.6. The molecule has 0 radical (unpaired) electrons. The Morgan fingerprint density at radius 1 is 1.37 bits per heavy atom. The molecular weight excluding hydrogens is 246 g/mol. The Balaban J connectivity index is 2.15. The molecule has 0 bridgehead atoms. The van der Waals surface area contributed by atoms with E-state index in [1.807, 2.05) is 0 Å². The van der Waals surface area contributed by atoms with E-state index in [2.05, 4.69) is 0 Å². The van der Waals surface area contributed by atoms with Crippen molar-refractivity contribution < 1.29 is 9.72 Å². The van der Waals surface area contributed by atoms with Crippen molar-refractivity contribution in [2.45, 2.75) is 12.8 Å². The van der Waals surface area contributed by atoms with E-state index < -0.39 is 4.92 Å². The zero-order valence-electron chi connectivity index (χ0n) is 10.6. The van der Waals surface area contributed by atoms with Gasteiger partial charge in [-0.2, -0.15) is 0 Å². The van der Waals surface area contributed by atoms with E-state index >= 15 is 0 Å². The summed E-state index contributed by atoms with van der Waals surface area (Å²) in [5.41, 5.74) is 5.64. The third kappa shape index (κ3) is 2.90. The van der Waals surface area contributed by atoms with Gasteiger partial charge in [-0.3, -0.25) is 14.9 Å². The number of nitrogens with zero attached hydrogens (tertiary/aromatic N) is 2. The molecule has 1 aromatic rings. The van der Waals surface area contributed by atoms with E-state index in [-0.39, 0.29) is 17.2 Å². The van der Waals surface area contributed by atoms with Crippen LogP contribution in [0, 0.1) is 16.0 Å². The van der Waals surface area contributed by atoms with Gasteiger partial charge in [-0.25, -0.2) is 0 Å². The van der Waals surface area contributed by atoms with Gasteiger partial charge in [-0.05, 0) is 31.4 Å². The number of nitrogens with two attached hydrogens (primary N) is 1. The first kappa shape index (κ1) is 13.5. The van der Waals surface area contributed by atoms with Gasteiger partial charge in [-0.1, -0.05) is 12.1 Å². The Labute approximate surface area is 111 Å². The number of piperidine rings is 1. The van der Waals surface area contributed by atoms with Gasteiger partial charge in [0, 0.05) is 19.2 Å². The molecule has 0 atom stereocenters. The fraction of sp³-hybridized carbons (Fsp3) is 0.462. The van der Waals surface area contributed by atoms with Crippen LogP contribution in [0.4, 0.5) is 5.69 Å². The summed E-state index contributed by atoms with van der Waals surface area (Å²) in [5.74, 6) is 0.192. The fourth-order valence-corrected chi connectivity index (χ4v) is 2.36. The molecule has 1 aliphatic heterocycles. The van der Waals surface area contributed by atoms with Crippen LogP contribution >= 0.6 is 0 Å². The summed E-state index contributed by atoms with van der Waals surface area (Å²) in [6.45, 7) is 1.87. The number of carbonyl (C=O) groups is 1. The number of likely N-dealkylation sites (tertiary alicyclic amines) is 1. The van der Waals surface area contributed by atoms with E-state index in [1.165, 1.54) is 12.1 Å². The van der Waals surface area contributed by atoms with Crippen molar-refractivity contribution >= 4 is 11.6 Å². The minimum atomic E-state index is -0.514. The molecule has 0 saturated carbocycles. The molecule has 19 heavy (non-hydrogen) atoms. The SMILES string of the molecule is NCC1CCN(C(=O)c2ccccc2[N+](=O)[O-])CC1. The van der Waals surface area contributed by atoms with Gasteiger partial charge in [0.1, 0.15) is 5.56 Å². The summed E-state index contributed by atoms with van der Waals surface area (Å²) in [7, 11) is 0. The van der Waals surface area contributed by atoms with Gasteiger partial charge < -0.3 is 10.6 Å². The number of rotatable bonds is 3. The maximum Gasteiger partial charge on any atom is 0.282 e. The smallest absolute Gasteiger partial charge is 0.282 e. The molecule has 2 N–H and O–H groups in total. The second kappa shape index (κ2) is 5.79. The van der Waals surface area contributed by atoms with Crippen LogP contribution in [-0.2, 0) is 0 Å². The molecule has 1 aliphatic rings. The molecule has 0 aromatic heterocycles. The molecule has 1 amide bonds. The van der Waals surface area contributed by atoms with Crippen LogP contribution in [0.25, 0.3) is 0 Å². The lowest BCUT2D eigenvalue weighted by molar-refractivity contribution is -0.385. The average Bonchev–Trinajstić information content (AvgIpc) is 2.46. The molecule has 102 valence electrons. The second-order valence-electron chi connectivity index (χ2n) is 4.75. The maximum atomic E-state index is 12.3. The first-order chi connectivity index (χ1) is 9.13. The molecule has 2 rings (SSSR count). The molecule has 0 unspecified atom stereocenters. The molecule has 1 aromatic carbocycles. The van der Waals surface area contributed by atoms with E-state index in [9.17, 15) is 14.9 Å². The summed E-state index contributed by atoms with van der Waals surface area (Å²) in [6, 6.07) is 6.08. The number of nitro benzene ring substituents is 1. The number of benzene rings is 1. The molecule has 6 nitrogen and oxygen atoms in total. The lowest BCUT2D eigenvalue weighted by Crippen LogP contribution is -2.40. The summed E-state index contributed by atoms with van der Waals surface area (Å²) in [6.07, 6.45) is 1.73. The van der Waals surface area contributed by atoms with Crippen molar-refractivity contribution in [1.29, 1.82) is 0 Å². The first-order valence-corrected chi connectivity index (χ1v) is 6.36. The zero-order chi connectivity index (χ0) is 13.8. The van der Waals surface area contributed by atoms with Gasteiger partial charge in [0.25, 0.3) is 11.6 Å². The normalized spacial score (nSPS) is 16.4. The van der Waals surface area contributed by atoms with Crippen LogP contribution in [0.5, 0.6) is 0 Å². The molecule has 1 fully saturated rings. The van der Waals surface area contributed by atoms with Crippen molar-refractivity contribution in [2.24, 2.45) is 11.7 Å². The number of hydrogen-bond donors (Lipinski definition) is 1. The van der Waals surface area contributed by atoms with Crippen molar-refractivity contribution in [2.75, 3.05) is 19.6 Å². The van der Waals surface area contributed by atoms with Crippen molar-refractivity contribution in [3.8, 4) is 0 Å². The average molecular weight is 263 g/mol. The summed E-state index contributed by atoms with van der Waals surface area (Å²) in [5, 5.41) is 10.9. The van der Waals surface area contributed by atoms with E-state index in [1.54, 1.807) is 17.0 Å². The second-order valence-corrected chi connectivity index (χ2v) is 4.75. The monoisotopic (exact) mass is 263 g/mol. The summed E-state index contributed by atoms with van der Waals surface area (Å²) < 4.78 is 0. The molecule has 6 heteroatoms. The highest BCUT2D eigenvalue weighted by atomic mass is 16.6. The maximum absolute atomic E-state index is 12.3. The van der Waals surface area contributed by atoms with Gasteiger partial charge in [0.2, 0.25) is 0 Å². The van der Waals surface area contributed by atoms with Gasteiger partial charge in [-0.15, -0.1) is 0 Å². The molecule has 1 heterocycles. The predicted molar refractivity (Wildman–Crippen MR) is 70.8 cm³/mol. The van der Waals surface area contributed by atoms with Crippen LogP contribution in [0.15, 0.2) is 24.3 Å². The fourth-order valence-electron chi connectivity index (χ4n) is 2.36. The number of carbonyl (C=O) groups excluding carboxylic acids is 1. The summed E-state index contributed by atoms with van der Waals surface area (Å²) >= 11 is 0. The van der Waals surface area contributed by atoms with Gasteiger partial charge in [0.15, 0.2) is 0 Å². The quantitative estimate of drug-likeness (QED) is 0.659. The minimum Gasteiger partial charge on any atom is -0.338 e. The van der Waals surface area contributed by atoms with Gasteiger partial charge >= 0.3 is 0 Å². The third-order valence-corrected chi connectivity index (χ3v) is 3.57. The Bertz CT molecular complexity index is 482. The Morgan fingerprint density at radius 2 is 2.00 bits per heavy atom. The number of para-hydroxylation sites is 1. The summed E-state index contributed by atoms with van der Waals surface area (Å²) in [4.78, 5) is 24.4. The van der Waals surface area contributed by atoms with Crippen LogP contribution in [0.3, 0.4) is 0 Å². The van der Waals surface area contributed by atoms with Crippen LogP contribution in [0.1, 0.15) is 23.2 Å². The standard InChI is InChI=1S/C13H17N3O3/c14-9-10-5-7-15(8-6-10)13(17)11-3-1-2-4-12(11)16(18)19/h1-4,10H,5-9,14H2. The van der Waals surface area contributed by atoms with Crippen molar-refractivity contribution in [3.63, 3.8) is 0 Å². The number of nitro groups is 1.